The lowest BCUT2D eigenvalue weighted by atomic mass is 10.0. The van der Waals surface area contributed by atoms with Gasteiger partial charge in [-0.2, -0.15) is 15.4 Å². The van der Waals surface area contributed by atoms with E-state index in [2.05, 4.69) is 5.10 Å². The lowest BCUT2D eigenvalue weighted by Gasteiger charge is -2.14. The van der Waals surface area contributed by atoms with E-state index in [1.807, 2.05) is 6.07 Å². The fraction of sp³-hybridized carbons (Fsp3) is 0.200. The standard InChI is InChI=1S/C20H17ClN4O4/c1-11-15(18(27)24(7-8-26)19(28)17(11)10-22)9-16-12(2)23-25(20(16)29)14-5-3-13(21)4-6-14/h3-6,9,26-27H,7-8H2,1-2H3. The van der Waals surface area contributed by atoms with Gasteiger partial charge in [0.2, 0.25) is 5.88 Å². The van der Waals surface area contributed by atoms with E-state index in [4.69, 9.17) is 11.6 Å². The lowest BCUT2D eigenvalue weighted by molar-refractivity contribution is -0.114. The highest BCUT2D eigenvalue weighted by molar-refractivity contribution is 6.32. The van der Waals surface area contributed by atoms with E-state index < -0.39 is 24.0 Å². The summed E-state index contributed by atoms with van der Waals surface area (Å²) in [4.78, 5) is 25.3. The molecule has 0 aliphatic carbocycles. The van der Waals surface area contributed by atoms with Crippen molar-refractivity contribution >= 4 is 35.0 Å². The van der Waals surface area contributed by atoms with Crippen LogP contribution in [0, 0.1) is 18.3 Å². The van der Waals surface area contributed by atoms with Crippen LogP contribution in [0.4, 0.5) is 5.69 Å². The molecule has 1 aliphatic heterocycles. The first-order valence-corrected chi connectivity index (χ1v) is 9.02. The summed E-state index contributed by atoms with van der Waals surface area (Å²) in [5.41, 5.74) is 0.639. The lowest BCUT2D eigenvalue weighted by Crippen LogP contribution is -2.26. The SMILES string of the molecule is CC1=NN(c2ccc(Cl)cc2)C(=O)C1=Cc1c(C)c(C#N)c(=O)n(CCO)c1O. The van der Waals surface area contributed by atoms with Crippen LogP contribution in [0.3, 0.4) is 0 Å². The molecule has 0 atom stereocenters. The van der Waals surface area contributed by atoms with Gasteiger partial charge in [-0.15, -0.1) is 0 Å². The third-order valence-corrected chi connectivity index (χ3v) is 4.84. The van der Waals surface area contributed by atoms with E-state index >= 15 is 0 Å². The minimum Gasteiger partial charge on any atom is -0.494 e. The third kappa shape index (κ3) is 3.53. The predicted octanol–water partition coefficient (Wildman–Crippen LogP) is 2.19. The Labute approximate surface area is 171 Å². The molecule has 1 aliphatic rings. The number of nitrogens with zero attached hydrogens (tertiary/aromatic N) is 4. The first-order valence-electron chi connectivity index (χ1n) is 8.64. The van der Waals surface area contributed by atoms with Crippen LogP contribution in [0.5, 0.6) is 5.88 Å². The van der Waals surface area contributed by atoms with Crippen LogP contribution < -0.4 is 10.6 Å². The Kier molecular flexibility index (Phi) is 5.55. The van der Waals surface area contributed by atoms with Gasteiger partial charge in [0, 0.05) is 10.6 Å². The van der Waals surface area contributed by atoms with E-state index in [1.165, 1.54) is 18.0 Å². The van der Waals surface area contributed by atoms with Gasteiger partial charge in [0.15, 0.2) is 0 Å². The van der Waals surface area contributed by atoms with Crippen LogP contribution in [-0.2, 0) is 11.3 Å². The van der Waals surface area contributed by atoms with E-state index in [1.54, 1.807) is 31.2 Å². The van der Waals surface area contributed by atoms with Crippen molar-refractivity contribution in [1.29, 1.82) is 5.26 Å². The van der Waals surface area contributed by atoms with Crippen LogP contribution in [0.2, 0.25) is 5.02 Å². The number of pyridine rings is 1. The Hall–Kier alpha value is -3.41. The Balaban J connectivity index is 2.13. The molecule has 1 aromatic heterocycles. The molecular weight excluding hydrogens is 396 g/mol. The molecule has 9 heteroatoms. The maximum absolute atomic E-state index is 12.9. The minimum atomic E-state index is -0.704. The number of aliphatic hydroxyl groups is 1. The van der Waals surface area contributed by atoms with Crippen LogP contribution in [0.25, 0.3) is 6.08 Å². The number of aliphatic hydroxyl groups excluding tert-OH is 1. The second kappa shape index (κ2) is 7.91. The molecule has 0 bridgehead atoms. The molecule has 0 radical (unpaired) electrons. The maximum Gasteiger partial charge on any atom is 0.280 e. The van der Waals surface area contributed by atoms with Crippen LogP contribution in [0.15, 0.2) is 39.7 Å². The van der Waals surface area contributed by atoms with Crippen molar-refractivity contribution in [2.75, 3.05) is 11.6 Å². The predicted molar refractivity (Wildman–Crippen MR) is 109 cm³/mol. The maximum atomic E-state index is 12.9. The van der Waals surface area contributed by atoms with Crippen LogP contribution >= 0.6 is 11.6 Å². The highest BCUT2D eigenvalue weighted by Gasteiger charge is 2.30. The zero-order chi connectivity index (χ0) is 21.3. The number of rotatable bonds is 4. The smallest absolute Gasteiger partial charge is 0.280 e. The summed E-state index contributed by atoms with van der Waals surface area (Å²) >= 11 is 5.89. The minimum absolute atomic E-state index is 0.144. The molecule has 8 nitrogen and oxygen atoms in total. The molecular formula is C20H17ClN4O4. The van der Waals surface area contributed by atoms with Crippen molar-refractivity contribution in [1.82, 2.24) is 4.57 Å². The number of amides is 1. The molecule has 2 aromatic rings. The average molecular weight is 413 g/mol. The highest BCUT2D eigenvalue weighted by atomic mass is 35.5. The number of aromatic hydroxyl groups is 1. The second-order valence-electron chi connectivity index (χ2n) is 6.37. The summed E-state index contributed by atoms with van der Waals surface area (Å²) in [7, 11) is 0. The van der Waals surface area contributed by atoms with Gasteiger partial charge in [-0.05, 0) is 49.8 Å². The molecule has 1 amide bonds. The van der Waals surface area contributed by atoms with E-state index in [-0.39, 0.29) is 28.8 Å². The van der Waals surface area contributed by atoms with Crippen molar-refractivity contribution in [2.24, 2.45) is 5.10 Å². The summed E-state index contributed by atoms with van der Waals surface area (Å²) in [6.07, 6.45) is 1.40. The number of nitriles is 1. The van der Waals surface area contributed by atoms with Gasteiger partial charge in [0.05, 0.1) is 30.1 Å². The second-order valence-corrected chi connectivity index (χ2v) is 6.80. The zero-order valence-corrected chi connectivity index (χ0v) is 16.4. The normalized spacial score (nSPS) is 15.0. The zero-order valence-electron chi connectivity index (χ0n) is 15.7. The number of carbonyl (C=O) groups is 1. The molecule has 0 saturated carbocycles. The van der Waals surface area contributed by atoms with Gasteiger partial charge in [0.1, 0.15) is 11.6 Å². The van der Waals surface area contributed by atoms with Crippen molar-refractivity contribution in [3.05, 3.63) is 61.9 Å². The first-order chi connectivity index (χ1) is 13.8. The number of carbonyl (C=O) groups excluding carboxylic acids is 1. The largest absolute Gasteiger partial charge is 0.494 e. The topological polar surface area (TPSA) is 119 Å². The van der Waals surface area contributed by atoms with Crippen molar-refractivity contribution in [3.63, 3.8) is 0 Å². The number of halogens is 1. The molecule has 0 saturated heterocycles. The number of benzene rings is 1. The molecule has 29 heavy (non-hydrogen) atoms. The first kappa shape index (κ1) is 20.3. The summed E-state index contributed by atoms with van der Waals surface area (Å²) in [6, 6.07) is 8.40. The third-order valence-electron chi connectivity index (χ3n) is 4.59. The van der Waals surface area contributed by atoms with Crippen LogP contribution in [0.1, 0.15) is 23.6 Å². The van der Waals surface area contributed by atoms with Gasteiger partial charge in [-0.3, -0.25) is 14.2 Å². The number of hydrogen-bond donors (Lipinski definition) is 2. The molecule has 0 unspecified atom stereocenters. The fourth-order valence-electron chi connectivity index (χ4n) is 3.04. The Morgan fingerprint density at radius 2 is 1.90 bits per heavy atom. The van der Waals surface area contributed by atoms with Gasteiger partial charge in [-0.25, -0.2) is 0 Å². The number of hydrazone groups is 1. The number of anilines is 1. The number of hydrogen-bond acceptors (Lipinski definition) is 6. The van der Waals surface area contributed by atoms with Crippen LogP contribution in [-0.4, -0.2) is 33.0 Å². The van der Waals surface area contributed by atoms with Gasteiger partial charge >= 0.3 is 0 Å². The molecule has 1 aromatic carbocycles. The Morgan fingerprint density at radius 3 is 2.48 bits per heavy atom. The van der Waals surface area contributed by atoms with Gasteiger partial charge in [-0.1, -0.05) is 11.6 Å². The Morgan fingerprint density at radius 1 is 1.24 bits per heavy atom. The highest BCUT2D eigenvalue weighted by Crippen LogP contribution is 2.29. The summed E-state index contributed by atoms with van der Waals surface area (Å²) < 4.78 is 0.904. The Bertz CT molecular complexity index is 1160. The molecule has 2 N–H and O–H groups in total. The van der Waals surface area contributed by atoms with E-state index in [0.29, 0.717) is 16.4 Å². The molecule has 0 fully saturated rings. The summed E-state index contributed by atoms with van der Waals surface area (Å²) in [5.74, 6) is -0.861. The number of aromatic nitrogens is 1. The van der Waals surface area contributed by atoms with Gasteiger partial charge < -0.3 is 10.2 Å². The van der Waals surface area contributed by atoms with E-state index in [0.717, 1.165) is 4.57 Å². The van der Waals surface area contributed by atoms with Crippen molar-refractivity contribution < 1.29 is 15.0 Å². The van der Waals surface area contributed by atoms with E-state index in [9.17, 15) is 25.1 Å². The summed E-state index contributed by atoms with van der Waals surface area (Å²) in [5, 5.41) is 35.1. The van der Waals surface area contributed by atoms with Crippen molar-refractivity contribution in [3.8, 4) is 11.9 Å². The average Bonchev–Trinajstić information content (AvgIpc) is 2.97. The molecule has 0 spiro atoms. The van der Waals surface area contributed by atoms with Gasteiger partial charge in [0.25, 0.3) is 11.5 Å². The molecule has 2 heterocycles. The molecule has 148 valence electrons. The quantitative estimate of drug-likeness (QED) is 0.746. The summed E-state index contributed by atoms with van der Waals surface area (Å²) in [6.45, 7) is 2.56. The van der Waals surface area contributed by atoms with Crippen molar-refractivity contribution in [2.45, 2.75) is 20.4 Å². The monoisotopic (exact) mass is 412 g/mol. The molecule has 3 rings (SSSR count). The fourth-order valence-corrected chi connectivity index (χ4v) is 3.16.